The molecular weight excluding hydrogens is 324 g/mol. The Morgan fingerprint density at radius 3 is 2.32 bits per heavy atom. The minimum atomic E-state index is -1.78. The zero-order chi connectivity index (χ0) is 16.0. The Morgan fingerprint density at radius 1 is 1.18 bits per heavy atom. The van der Waals surface area contributed by atoms with Crippen molar-refractivity contribution in [2.24, 2.45) is 0 Å². The SMILES string of the molecule is COc1ccc(OC)c2c1CC(O)(C(=O)O)CC21SCCS1. The van der Waals surface area contributed by atoms with E-state index in [1.54, 1.807) is 43.8 Å². The summed E-state index contributed by atoms with van der Waals surface area (Å²) in [6.07, 6.45) is 0.197. The van der Waals surface area contributed by atoms with Crippen LogP contribution in [-0.4, -0.2) is 47.5 Å². The highest BCUT2D eigenvalue weighted by molar-refractivity contribution is 8.20. The van der Waals surface area contributed by atoms with E-state index in [9.17, 15) is 15.0 Å². The Morgan fingerprint density at radius 2 is 1.77 bits per heavy atom. The van der Waals surface area contributed by atoms with Crippen molar-refractivity contribution in [3.05, 3.63) is 23.3 Å². The summed E-state index contributed by atoms with van der Waals surface area (Å²) in [5, 5.41) is 20.2. The molecule has 1 unspecified atom stereocenters. The molecule has 0 saturated carbocycles. The van der Waals surface area contributed by atoms with Gasteiger partial charge in [0.1, 0.15) is 11.5 Å². The molecule has 0 aromatic heterocycles. The summed E-state index contributed by atoms with van der Waals surface area (Å²) in [6, 6.07) is 3.62. The normalized spacial score (nSPS) is 25.8. The molecule has 0 amide bonds. The molecule has 1 heterocycles. The van der Waals surface area contributed by atoms with Gasteiger partial charge in [-0.25, -0.2) is 4.79 Å². The molecule has 0 radical (unpaired) electrons. The van der Waals surface area contributed by atoms with E-state index in [4.69, 9.17) is 9.47 Å². The standard InChI is InChI=1S/C15H18O5S2/c1-19-10-3-4-11(20-2)12-9(10)7-14(18,13(16)17)8-15(12)21-5-6-22-15/h3-4,18H,5-8H2,1-2H3,(H,16,17). The number of fused-ring (bicyclic) bond motifs is 2. The molecular formula is C15H18O5S2. The first-order chi connectivity index (χ1) is 10.5. The van der Waals surface area contributed by atoms with Crippen LogP contribution in [0.3, 0.4) is 0 Å². The molecule has 1 aliphatic heterocycles. The molecule has 1 spiro atoms. The van der Waals surface area contributed by atoms with Gasteiger partial charge >= 0.3 is 5.97 Å². The zero-order valence-electron chi connectivity index (χ0n) is 12.4. The first kappa shape index (κ1) is 15.8. The lowest BCUT2D eigenvalue weighted by atomic mass is 9.78. The number of aliphatic hydroxyl groups is 1. The van der Waals surface area contributed by atoms with Crippen LogP contribution < -0.4 is 9.47 Å². The van der Waals surface area contributed by atoms with Crippen molar-refractivity contribution in [1.82, 2.24) is 0 Å². The number of rotatable bonds is 3. The maximum atomic E-state index is 11.6. The second kappa shape index (κ2) is 5.54. The smallest absolute Gasteiger partial charge is 0.336 e. The van der Waals surface area contributed by atoms with Crippen molar-refractivity contribution < 1.29 is 24.5 Å². The molecule has 7 heteroatoms. The topological polar surface area (TPSA) is 76.0 Å². The maximum Gasteiger partial charge on any atom is 0.336 e. The summed E-state index contributed by atoms with van der Waals surface area (Å²) in [7, 11) is 3.16. The van der Waals surface area contributed by atoms with Gasteiger partial charge in [0.05, 0.1) is 18.3 Å². The summed E-state index contributed by atoms with van der Waals surface area (Å²) in [6.45, 7) is 0. The van der Waals surface area contributed by atoms with Gasteiger partial charge in [0.15, 0.2) is 5.60 Å². The average molecular weight is 342 g/mol. The monoisotopic (exact) mass is 342 g/mol. The first-order valence-corrected chi connectivity index (χ1v) is 8.91. The number of thioether (sulfide) groups is 2. The number of hydrogen-bond acceptors (Lipinski definition) is 6. The number of methoxy groups -OCH3 is 2. The molecule has 1 aliphatic carbocycles. The fraction of sp³-hybridized carbons (Fsp3) is 0.533. The van der Waals surface area contributed by atoms with Gasteiger partial charge in [0.2, 0.25) is 0 Å². The lowest BCUT2D eigenvalue weighted by Crippen LogP contribution is -2.49. The predicted molar refractivity (Wildman–Crippen MR) is 87.0 cm³/mol. The van der Waals surface area contributed by atoms with Crippen molar-refractivity contribution in [3.8, 4) is 11.5 Å². The third-order valence-corrected chi connectivity index (χ3v) is 7.61. The molecule has 22 heavy (non-hydrogen) atoms. The highest BCUT2D eigenvalue weighted by Crippen LogP contribution is 2.62. The van der Waals surface area contributed by atoms with Crippen LogP contribution in [-0.2, 0) is 15.3 Å². The van der Waals surface area contributed by atoms with E-state index in [1.807, 2.05) is 6.07 Å². The van der Waals surface area contributed by atoms with Crippen LogP contribution in [0, 0.1) is 0 Å². The van der Waals surface area contributed by atoms with E-state index < -0.39 is 15.6 Å². The molecule has 1 aromatic carbocycles. The van der Waals surface area contributed by atoms with Gasteiger partial charge in [0, 0.05) is 35.5 Å². The van der Waals surface area contributed by atoms with E-state index in [1.165, 1.54) is 0 Å². The average Bonchev–Trinajstić information content (AvgIpc) is 2.94. The fourth-order valence-electron chi connectivity index (χ4n) is 3.24. The van der Waals surface area contributed by atoms with Crippen molar-refractivity contribution in [1.29, 1.82) is 0 Å². The maximum absolute atomic E-state index is 11.6. The van der Waals surface area contributed by atoms with Crippen LogP contribution in [0.1, 0.15) is 17.5 Å². The van der Waals surface area contributed by atoms with E-state index in [-0.39, 0.29) is 12.8 Å². The van der Waals surface area contributed by atoms with Crippen LogP contribution in [0.15, 0.2) is 12.1 Å². The van der Waals surface area contributed by atoms with Crippen molar-refractivity contribution >= 4 is 29.5 Å². The molecule has 1 atom stereocenters. The number of carbonyl (C=O) groups is 1. The van der Waals surface area contributed by atoms with Crippen LogP contribution in [0.25, 0.3) is 0 Å². The highest BCUT2D eigenvalue weighted by atomic mass is 32.2. The minimum Gasteiger partial charge on any atom is -0.496 e. The molecule has 120 valence electrons. The third-order valence-electron chi connectivity index (χ3n) is 4.20. The molecule has 2 N–H and O–H groups in total. The van der Waals surface area contributed by atoms with Gasteiger partial charge in [-0.2, -0.15) is 0 Å². The Bertz CT molecular complexity index is 612. The number of carboxylic acids is 1. The summed E-state index contributed by atoms with van der Waals surface area (Å²) >= 11 is 3.36. The van der Waals surface area contributed by atoms with E-state index in [0.717, 1.165) is 28.4 Å². The van der Waals surface area contributed by atoms with Crippen LogP contribution in [0.5, 0.6) is 11.5 Å². The van der Waals surface area contributed by atoms with Crippen LogP contribution in [0.2, 0.25) is 0 Å². The largest absolute Gasteiger partial charge is 0.496 e. The summed E-state index contributed by atoms with van der Waals surface area (Å²) in [5.41, 5.74) is -0.0792. The predicted octanol–water partition coefficient (Wildman–Crippen LogP) is 2.10. The molecule has 5 nitrogen and oxygen atoms in total. The van der Waals surface area contributed by atoms with E-state index in [0.29, 0.717) is 5.75 Å². The lowest BCUT2D eigenvalue weighted by molar-refractivity contribution is -0.160. The molecule has 1 fully saturated rings. The summed E-state index contributed by atoms with van der Waals surface area (Å²) in [4.78, 5) is 11.6. The molecule has 3 rings (SSSR count). The third kappa shape index (κ3) is 2.26. The number of benzene rings is 1. The molecule has 1 saturated heterocycles. The Kier molecular flexibility index (Phi) is 3.99. The van der Waals surface area contributed by atoms with Gasteiger partial charge in [-0.15, -0.1) is 23.5 Å². The molecule has 2 aliphatic rings. The quantitative estimate of drug-likeness (QED) is 0.871. The summed E-state index contributed by atoms with van der Waals surface area (Å²) in [5.74, 6) is 1.98. The number of carboxylic acid groups (broad SMARTS) is 1. The van der Waals surface area contributed by atoms with Crippen molar-refractivity contribution in [2.75, 3.05) is 25.7 Å². The number of hydrogen-bond donors (Lipinski definition) is 2. The Labute approximate surface area is 137 Å². The van der Waals surface area contributed by atoms with Crippen LogP contribution in [0.4, 0.5) is 0 Å². The highest BCUT2D eigenvalue weighted by Gasteiger charge is 2.55. The first-order valence-electron chi connectivity index (χ1n) is 6.94. The second-order valence-corrected chi connectivity index (χ2v) is 8.51. The molecule has 0 bridgehead atoms. The van der Waals surface area contributed by atoms with Crippen LogP contribution >= 0.6 is 23.5 Å². The summed E-state index contributed by atoms with van der Waals surface area (Å²) < 4.78 is 10.4. The lowest BCUT2D eigenvalue weighted by Gasteiger charge is -2.42. The van der Waals surface area contributed by atoms with Gasteiger partial charge < -0.3 is 19.7 Å². The Balaban J connectivity index is 2.25. The minimum absolute atomic E-state index is 0.0287. The zero-order valence-corrected chi connectivity index (χ0v) is 14.1. The Hall–Kier alpha value is -1.05. The van der Waals surface area contributed by atoms with Crippen molar-refractivity contribution in [2.45, 2.75) is 22.5 Å². The second-order valence-electron chi connectivity index (χ2n) is 5.46. The van der Waals surface area contributed by atoms with E-state index in [2.05, 4.69) is 0 Å². The van der Waals surface area contributed by atoms with Gasteiger partial charge in [-0.3, -0.25) is 0 Å². The van der Waals surface area contributed by atoms with Gasteiger partial charge in [-0.1, -0.05) is 0 Å². The van der Waals surface area contributed by atoms with Gasteiger partial charge in [-0.05, 0) is 12.1 Å². The molecule has 1 aromatic rings. The number of aliphatic carboxylic acids is 1. The number of ether oxygens (including phenoxy) is 2. The van der Waals surface area contributed by atoms with Crippen molar-refractivity contribution in [3.63, 3.8) is 0 Å². The van der Waals surface area contributed by atoms with E-state index >= 15 is 0 Å². The van der Waals surface area contributed by atoms with Gasteiger partial charge in [0.25, 0.3) is 0 Å². The fourth-order valence-corrected chi connectivity index (χ4v) is 6.82.